The summed E-state index contributed by atoms with van der Waals surface area (Å²) in [6.45, 7) is 7.08. The fourth-order valence-corrected chi connectivity index (χ4v) is 3.94. The van der Waals surface area contributed by atoms with Gasteiger partial charge in [-0.3, -0.25) is 9.80 Å². The van der Waals surface area contributed by atoms with Crippen LogP contribution < -0.4 is 0 Å². The fraction of sp³-hybridized carbons (Fsp3) is 0.933. The lowest BCUT2D eigenvalue weighted by Gasteiger charge is -2.46. The molecular weight excluding hydrogens is 240 g/mol. The Morgan fingerprint density at radius 1 is 1.21 bits per heavy atom. The maximum Gasteiger partial charge on any atom is 0.129 e. The molecular formula is C15H26N2O2. The van der Waals surface area contributed by atoms with E-state index >= 15 is 0 Å². The average Bonchev–Trinajstić information content (AvgIpc) is 2.48. The quantitative estimate of drug-likeness (QED) is 0.718. The number of carbonyl (C=O) groups excluding carboxylic acids is 1. The van der Waals surface area contributed by atoms with Gasteiger partial charge < -0.3 is 9.53 Å². The molecule has 3 fully saturated rings. The molecule has 0 aromatic heterocycles. The van der Waals surface area contributed by atoms with Crippen LogP contribution in [0.15, 0.2) is 0 Å². The summed E-state index contributed by atoms with van der Waals surface area (Å²) in [5.41, 5.74) is -0.227. The van der Waals surface area contributed by atoms with Crippen molar-refractivity contribution in [3.8, 4) is 0 Å². The predicted molar refractivity (Wildman–Crippen MR) is 74.2 cm³/mol. The van der Waals surface area contributed by atoms with Crippen LogP contribution >= 0.6 is 0 Å². The van der Waals surface area contributed by atoms with Crippen LogP contribution in [0.5, 0.6) is 0 Å². The highest BCUT2D eigenvalue weighted by atomic mass is 16.5. The van der Waals surface area contributed by atoms with Crippen molar-refractivity contribution < 1.29 is 9.53 Å². The lowest BCUT2D eigenvalue weighted by Crippen LogP contribution is -2.57. The minimum Gasteiger partial charge on any atom is -0.380 e. The third-order valence-corrected chi connectivity index (χ3v) is 5.06. The van der Waals surface area contributed by atoms with E-state index in [-0.39, 0.29) is 5.41 Å². The monoisotopic (exact) mass is 266 g/mol. The summed E-state index contributed by atoms with van der Waals surface area (Å²) in [7, 11) is 0. The highest BCUT2D eigenvalue weighted by Crippen LogP contribution is 2.29. The van der Waals surface area contributed by atoms with Gasteiger partial charge in [-0.1, -0.05) is 6.42 Å². The standard InChI is InChI=1S/C15H26N2O2/c18-12-15(5-3-9-19-13-15)11-16-7-8-17-6-2-1-4-14(17)10-16/h12,14H,1-11,13H2. The number of fused-ring (bicyclic) bond motifs is 1. The fourth-order valence-electron chi connectivity index (χ4n) is 3.94. The minimum absolute atomic E-state index is 0.227. The van der Waals surface area contributed by atoms with E-state index < -0.39 is 0 Å². The van der Waals surface area contributed by atoms with Crippen LogP contribution in [0.4, 0.5) is 0 Å². The molecule has 4 nitrogen and oxygen atoms in total. The molecule has 2 unspecified atom stereocenters. The third-order valence-electron chi connectivity index (χ3n) is 5.06. The molecule has 3 saturated heterocycles. The number of rotatable bonds is 3. The van der Waals surface area contributed by atoms with Gasteiger partial charge in [0, 0.05) is 38.8 Å². The van der Waals surface area contributed by atoms with E-state index in [9.17, 15) is 4.79 Å². The number of carbonyl (C=O) groups is 1. The molecule has 0 radical (unpaired) electrons. The molecule has 3 aliphatic heterocycles. The highest BCUT2D eigenvalue weighted by molar-refractivity contribution is 5.60. The number of nitrogens with zero attached hydrogens (tertiary/aromatic N) is 2. The van der Waals surface area contributed by atoms with Gasteiger partial charge in [-0.2, -0.15) is 0 Å². The molecule has 0 aromatic rings. The SMILES string of the molecule is O=CC1(CN2CCN3CCCCC3C2)CCCOC1. The topological polar surface area (TPSA) is 32.8 Å². The summed E-state index contributed by atoms with van der Waals surface area (Å²) < 4.78 is 5.56. The molecule has 3 aliphatic rings. The highest BCUT2D eigenvalue weighted by Gasteiger charge is 2.37. The van der Waals surface area contributed by atoms with Crippen molar-refractivity contribution in [1.82, 2.24) is 9.80 Å². The Kier molecular flexibility index (Phi) is 4.20. The van der Waals surface area contributed by atoms with Crippen LogP contribution in [0.1, 0.15) is 32.1 Å². The van der Waals surface area contributed by atoms with E-state index in [0.29, 0.717) is 6.61 Å². The van der Waals surface area contributed by atoms with Crippen LogP contribution in [-0.2, 0) is 9.53 Å². The second-order valence-corrected chi connectivity index (χ2v) is 6.56. The molecule has 0 spiro atoms. The molecule has 19 heavy (non-hydrogen) atoms. The zero-order valence-corrected chi connectivity index (χ0v) is 11.9. The van der Waals surface area contributed by atoms with Gasteiger partial charge in [0.2, 0.25) is 0 Å². The molecule has 3 heterocycles. The van der Waals surface area contributed by atoms with Gasteiger partial charge in [-0.05, 0) is 32.2 Å². The van der Waals surface area contributed by atoms with Crippen LogP contribution in [0.2, 0.25) is 0 Å². The molecule has 0 aliphatic carbocycles. The summed E-state index contributed by atoms with van der Waals surface area (Å²) in [6, 6.07) is 0.732. The Bertz CT molecular complexity index is 315. The molecule has 3 rings (SSSR count). The van der Waals surface area contributed by atoms with E-state index in [1.807, 2.05) is 0 Å². The van der Waals surface area contributed by atoms with Gasteiger partial charge >= 0.3 is 0 Å². The summed E-state index contributed by atoms with van der Waals surface area (Å²) in [5.74, 6) is 0. The summed E-state index contributed by atoms with van der Waals surface area (Å²) in [6.07, 6.45) is 7.27. The van der Waals surface area contributed by atoms with Crippen LogP contribution in [0.25, 0.3) is 0 Å². The number of ether oxygens (including phenoxy) is 1. The van der Waals surface area contributed by atoms with Crippen LogP contribution in [0.3, 0.4) is 0 Å². The first-order valence-corrected chi connectivity index (χ1v) is 7.82. The maximum atomic E-state index is 11.5. The summed E-state index contributed by atoms with van der Waals surface area (Å²) >= 11 is 0. The number of aldehydes is 1. The zero-order valence-electron chi connectivity index (χ0n) is 11.9. The van der Waals surface area contributed by atoms with Crippen molar-refractivity contribution in [3.05, 3.63) is 0 Å². The number of hydrogen-bond donors (Lipinski definition) is 0. The Balaban J connectivity index is 1.58. The van der Waals surface area contributed by atoms with Gasteiger partial charge in [0.25, 0.3) is 0 Å². The lowest BCUT2D eigenvalue weighted by atomic mass is 9.83. The minimum atomic E-state index is -0.227. The van der Waals surface area contributed by atoms with Crippen molar-refractivity contribution in [1.29, 1.82) is 0 Å². The van der Waals surface area contributed by atoms with Crippen LogP contribution in [-0.4, -0.2) is 68.1 Å². The second kappa shape index (κ2) is 5.90. The van der Waals surface area contributed by atoms with Crippen molar-refractivity contribution in [3.63, 3.8) is 0 Å². The van der Waals surface area contributed by atoms with Crippen molar-refractivity contribution in [2.75, 3.05) is 45.9 Å². The van der Waals surface area contributed by atoms with Gasteiger partial charge in [0.1, 0.15) is 6.29 Å². The van der Waals surface area contributed by atoms with Crippen molar-refractivity contribution in [2.45, 2.75) is 38.1 Å². The number of hydrogen-bond acceptors (Lipinski definition) is 4. The Hall–Kier alpha value is -0.450. The molecule has 4 heteroatoms. The Labute approximate surface area is 116 Å². The predicted octanol–water partition coefficient (Wildman–Crippen LogP) is 1.15. The first-order chi connectivity index (χ1) is 9.31. The lowest BCUT2D eigenvalue weighted by molar-refractivity contribution is -0.126. The first kappa shape index (κ1) is 13.5. The van der Waals surface area contributed by atoms with E-state index in [2.05, 4.69) is 9.80 Å². The van der Waals surface area contributed by atoms with E-state index in [4.69, 9.17) is 4.74 Å². The van der Waals surface area contributed by atoms with Gasteiger partial charge in [-0.25, -0.2) is 0 Å². The smallest absolute Gasteiger partial charge is 0.129 e. The number of piperazine rings is 1. The molecule has 0 saturated carbocycles. The normalized spacial score (nSPS) is 37.8. The molecule has 0 aromatic carbocycles. The summed E-state index contributed by atoms with van der Waals surface area (Å²) in [5, 5.41) is 0. The maximum absolute atomic E-state index is 11.5. The summed E-state index contributed by atoms with van der Waals surface area (Å²) in [4.78, 5) is 16.7. The molecule has 0 bridgehead atoms. The molecule has 0 N–H and O–H groups in total. The molecule has 0 amide bonds. The average molecular weight is 266 g/mol. The van der Waals surface area contributed by atoms with E-state index in [1.165, 1.54) is 38.6 Å². The van der Waals surface area contributed by atoms with Gasteiger partial charge in [0.15, 0.2) is 0 Å². The van der Waals surface area contributed by atoms with Crippen molar-refractivity contribution >= 4 is 6.29 Å². The van der Waals surface area contributed by atoms with E-state index in [1.54, 1.807) is 0 Å². The third kappa shape index (κ3) is 3.01. The molecule has 108 valence electrons. The molecule has 2 atom stereocenters. The van der Waals surface area contributed by atoms with Crippen molar-refractivity contribution in [2.24, 2.45) is 5.41 Å². The largest absolute Gasteiger partial charge is 0.380 e. The van der Waals surface area contributed by atoms with Gasteiger partial charge in [0.05, 0.1) is 12.0 Å². The van der Waals surface area contributed by atoms with Gasteiger partial charge in [-0.15, -0.1) is 0 Å². The Morgan fingerprint density at radius 2 is 2.16 bits per heavy atom. The van der Waals surface area contributed by atoms with E-state index in [0.717, 1.165) is 45.1 Å². The zero-order chi connectivity index (χ0) is 13.1. The Morgan fingerprint density at radius 3 is 2.95 bits per heavy atom. The first-order valence-electron chi connectivity index (χ1n) is 7.82. The van der Waals surface area contributed by atoms with Crippen LogP contribution in [0, 0.1) is 5.41 Å². The second-order valence-electron chi connectivity index (χ2n) is 6.56. The number of piperidine rings is 1.